The molecule has 250 valence electrons. The van der Waals surface area contributed by atoms with Gasteiger partial charge in [-0.1, -0.05) is 38.1 Å². The van der Waals surface area contributed by atoms with E-state index in [9.17, 15) is 14.4 Å². The van der Waals surface area contributed by atoms with Crippen molar-refractivity contribution in [2.24, 2.45) is 0 Å². The van der Waals surface area contributed by atoms with E-state index in [0.717, 1.165) is 71.4 Å². The van der Waals surface area contributed by atoms with E-state index in [-0.39, 0.29) is 18.0 Å². The van der Waals surface area contributed by atoms with Gasteiger partial charge in [0, 0.05) is 86.0 Å². The summed E-state index contributed by atoms with van der Waals surface area (Å²) in [6.07, 6.45) is 1.01. The van der Waals surface area contributed by atoms with Crippen molar-refractivity contribution in [2.75, 3.05) is 77.3 Å². The zero-order chi connectivity index (χ0) is 32.6. The minimum absolute atomic E-state index is 0.0361. The third-order valence-electron chi connectivity index (χ3n) is 9.54. The molecule has 2 aromatic carbocycles. The Kier molecular flexibility index (Phi) is 12.4. The molecule has 0 aromatic heterocycles. The second-order valence-corrected chi connectivity index (χ2v) is 14.0. The number of nitrogens with one attached hydrogen (secondary N) is 1. The summed E-state index contributed by atoms with van der Waals surface area (Å²) in [4.78, 5) is 50.7. The zero-order valence-electron chi connectivity index (χ0n) is 26.9. The number of rotatable bonds is 10. The monoisotopic (exact) mass is 760 g/mol. The topological polar surface area (TPSA) is 88.7 Å². The first-order valence-electron chi connectivity index (χ1n) is 16.5. The molecule has 5 rings (SSSR count). The highest BCUT2D eigenvalue weighted by molar-refractivity contribution is 9.13. The number of carbonyl (C=O) groups excluding carboxylic acids is 3. The lowest BCUT2D eigenvalue weighted by molar-refractivity contribution is -0.142. The fourth-order valence-electron chi connectivity index (χ4n) is 6.57. The highest BCUT2D eigenvalue weighted by Gasteiger charge is 2.35. The number of amides is 4. The molecule has 0 aliphatic carbocycles. The number of piperazine rings is 1. The molecule has 1 N–H and O–H groups in total. The molecule has 46 heavy (non-hydrogen) atoms. The molecule has 0 bridgehead atoms. The van der Waals surface area contributed by atoms with Crippen molar-refractivity contribution in [3.05, 3.63) is 62.5 Å². The predicted octanol–water partition coefficient (Wildman–Crippen LogP) is 5.30. The Morgan fingerprint density at radius 3 is 2.35 bits per heavy atom. The molecule has 3 aliphatic heterocycles. The number of fused-ring (bicyclic) bond motifs is 1. The minimum atomic E-state index is -0.921. The standard InChI is InChI=1S/C34H46Br2N6O4/c1-3-38(4-2)17-18-39-19-21-40(22-20-39)32(43)31(24-25-9-10-28(35)29(36)23-25)46-34(45)41-14-12-27(13-15-41)42-16-11-26-7-5-6-8-30(26)37-33(42)44/h5-10,23,27,31H,3-4,11-22,24H2,1-2H3,(H,37,44)/t31-/m1/s1. The number of carbonyl (C=O) groups is 3. The van der Waals surface area contributed by atoms with Crippen LogP contribution >= 0.6 is 31.9 Å². The second kappa shape index (κ2) is 16.4. The SMILES string of the molecule is CCN(CC)CCN1CCN(C(=O)[C@@H](Cc2ccc(Br)c(Br)c2)OC(=O)N2CCC(N3CCc4ccccc4NC3=O)CC2)CC1. The van der Waals surface area contributed by atoms with Crippen LogP contribution in [-0.2, 0) is 22.4 Å². The van der Waals surface area contributed by atoms with Gasteiger partial charge in [-0.05, 0) is 93.5 Å². The van der Waals surface area contributed by atoms with Crippen LogP contribution in [0.15, 0.2) is 51.4 Å². The third-order valence-corrected chi connectivity index (χ3v) is 11.4. The normalized spacial score (nSPS) is 18.6. The first-order valence-corrected chi connectivity index (χ1v) is 18.1. The summed E-state index contributed by atoms with van der Waals surface area (Å²) in [5, 5.41) is 3.05. The van der Waals surface area contributed by atoms with E-state index >= 15 is 0 Å². The third kappa shape index (κ3) is 8.81. The highest BCUT2D eigenvalue weighted by atomic mass is 79.9. The van der Waals surface area contributed by atoms with Gasteiger partial charge in [-0.3, -0.25) is 9.69 Å². The zero-order valence-corrected chi connectivity index (χ0v) is 30.1. The number of piperidine rings is 1. The van der Waals surface area contributed by atoms with Gasteiger partial charge in [0.05, 0.1) is 0 Å². The number of likely N-dealkylation sites (N-methyl/N-ethyl adjacent to an activating group) is 1. The number of ether oxygens (including phenoxy) is 1. The number of halogens is 2. The first kappa shape index (κ1) is 34.7. The fraction of sp³-hybridized carbons (Fsp3) is 0.559. The number of para-hydroxylation sites is 1. The molecule has 0 saturated carbocycles. The lowest BCUT2D eigenvalue weighted by Gasteiger charge is -2.39. The van der Waals surface area contributed by atoms with Crippen molar-refractivity contribution in [1.82, 2.24) is 24.5 Å². The summed E-state index contributed by atoms with van der Waals surface area (Å²) in [6.45, 7) is 12.9. The Balaban J connectivity index is 1.18. The maximum absolute atomic E-state index is 13.9. The van der Waals surface area contributed by atoms with E-state index < -0.39 is 12.2 Å². The van der Waals surface area contributed by atoms with Crippen LogP contribution < -0.4 is 5.32 Å². The summed E-state index contributed by atoms with van der Waals surface area (Å²) >= 11 is 7.08. The van der Waals surface area contributed by atoms with Crippen LogP contribution in [0.1, 0.15) is 37.8 Å². The molecule has 2 saturated heterocycles. The van der Waals surface area contributed by atoms with Crippen LogP contribution in [0.2, 0.25) is 0 Å². The fourth-order valence-corrected chi connectivity index (χ4v) is 7.25. The highest BCUT2D eigenvalue weighted by Crippen LogP contribution is 2.27. The van der Waals surface area contributed by atoms with Crippen molar-refractivity contribution in [2.45, 2.75) is 51.7 Å². The molecule has 0 radical (unpaired) electrons. The Bertz CT molecular complexity index is 1360. The molecule has 3 aliphatic rings. The van der Waals surface area contributed by atoms with Gasteiger partial charge in [0.15, 0.2) is 6.10 Å². The number of benzene rings is 2. The van der Waals surface area contributed by atoms with Gasteiger partial charge in [-0.25, -0.2) is 9.59 Å². The van der Waals surface area contributed by atoms with E-state index in [1.54, 1.807) is 4.90 Å². The summed E-state index contributed by atoms with van der Waals surface area (Å²) in [5.41, 5.74) is 2.91. The van der Waals surface area contributed by atoms with Gasteiger partial charge in [0.1, 0.15) is 0 Å². The number of hydrogen-bond acceptors (Lipinski definition) is 6. The maximum Gasteiger partial charge on any atom is 0.410 e. The average molecular weight is 763 g/mol. The lowest BCUT2D eigenvalue weighted by atomic mass is 10.0. The second-order valence-electron chi connectivity index (χ2n) is 12.3. The molecule has 1 atom stereocenters. The number of anilines is 1. The van der Waals surface area contributed by atoms with Crippen molar-refractivity contribution < 1.29 is 19.1 Å². The molecular weight excluding hydrogens is 716 g/mol. The molecule has 0 unspecified atom stereocenters. The molecule has 0 spiro atoms. The predicted molar refractivity (Wildman–Crippen MR) is 187 cm³/mol. The first-order chi connectivity index (χ1) is 22.2. The number of likely N-dealkylation sites (tertiary alicyclic amines) is 1. The van der Waals surface area contributed by atoms with Gasteiger partial charge in [0.25, 0.3) is 5.91 Å². The largest absolute Gasteiger partial charge is 0.436 e. The van der Waals surface area contributed by atoms with Crippen molar-refractivity contribution in [3.8, 4) is 0 Å². The van der Waals surface area contributed by atoms with Gasteiger partial charge in [0.2, 0.25) is 0 Å². The van der Waals surface area contributed by atoms with Gasteiger partial charge < -0.3 is 29.7 Å². The molecule has 2 fully saturated rings. The van der Waals surface area contributed by atoms with Crippen LogP contribution in [0.5, 0.6) is 0 Å². The van der Waals surface area contributed by atoms with Gasteiger partial charge >= 0.3 is 12.1 Å². The van der Waals surface area contributed by atoms with Crippen LogP contribution in [-0.4, -0.2) is 127 Å². The quantitative estimate of drug-likeness (QED) is 0.354. The summed E-state index contributed by atoms with van der Waals surface area (Å²) in [6, 6.07) is 13.7. The summed E-state index contributed by atoms with van der Waals surface area (Å²) in [7, 11) is 0. The number of urea groups is 1. The maximum atomic E-state index is 13.9. The molecular formula is C34H46Br2N6O4. The van der Waals surface area contributed by atoms with Gasteiger partial charge in [-0.2, -0.15) is 0 Å². The minimum Gasteiger partial charge on any atom is -0.436 e. The van der Waals surface area contributed by atoms with Gasteiger partial charge in [-0.15, -0.1) is 0 Å². The van der Waals surface area contributed by atoms with Crippen LogP contribution in [0.4, 0.5) is 15.3 Å². The van der Waals surface area contributed by atoms with E-state index in [1.807, 2.05) is 46.2 Å². The smallest absolute Gasteiger partial charge is 0.410 e. The van der Waals surface area contributed by atoms with Crippen LogP contribution in [0.25, 0.3) is 0 Å². The Hall–Kier alpha value is -2.67. The molecule has 2 aromatic rings. The molecule has 12 heteroatoms. The summed E-state index contributed by atoms with van der Waals surface area (Å²) < 4.78 is 7.83. The number of hydrogen-bond donors (Lipinski definition) is 1. The number of nitrogens with zero attached hydrogens (tertiary/aromatic N) is 5. The van der Waals surface area contributed by atoms with E-state index in [4.69, 9.17) is 4.74 Å². The summed E-state index contributed by atoms with van der Waals surface area (Å²) in [5.74, 6) is -0.147. The Morgan fingerprint density at radius 1 is 0.935 bits per heavy atom. The van der Waals surface area contributed by atoms with E-state index in [2.05, 4.69) is 66.9 Å². The molecule has 4 amide bonds. The lowest BCUT2D eigenvalue weighted by Crippen LogP contribution is -2.54. The van der Waals surface area contributed by atoms with Crippen molar-refractivity contribution in [1.29, 1.82) is 0 Å². The van der Waals surface area contributed by atoms with E-state index in [1.165, 1.54) is 0 Å². The van der Waals surface area contributed by atoms with Crippen LogP contribution in [0, 0.1) is 0 Å². The van der Waals surface area contributed by atoms with Crippen molar-refractivity contribution in [3.63, 3.8) is 0 Å². The Labute approximate surface area is 289 Å². The van der Waals surface area contributed by atoms with Crippen molar-refractivity contribution >= 4 is 55.6 Å². The molecule has 10 nitrogen and oxygen atoms in total. The average Bonchev–Trinajstić information content (AvgIpc) is 3.24. The Morgan fingerprint density at radius 2 is 1.65 bits per heavy atom. The van der Waals surface area contributed by atoms with Crippen LogP contribution in [0.3, 0.4) is 0 Å². The van der Waals surface area contributed by atoms with E-state index in [0.29, 0.717) is 52.0 Å². The molecule has 3 heterocycles.